The number of ether oxygens (including phenoxy) is 1. The fourth-order valence-electron chi connectivity index (χ4n) is 3.22. The van der Waals surface area contributed by atoms with Gasteiger partial charge in [0.15, 0.2) is 0 Å². The summed E-state index contributed by atoms with van der Waals surface area (Å²) in [4.78, 5) is 2.51. The number of nitrogens with zero attached hydrogens (tertiary/aromatic N) is 1. The molecule has 2 aliphatic heterocycles. The molecule has 19 heavy (non-hydrogen) atoms. The van der Waals surface area contributed by atoms with Crippen molar-refractivity contribution in [1.29, 1.82) is 0 Å². The maximum atomic E-state index is 13.2. The summed E-state index contributed by atoms with van der Waals surface area (Å²) in [7, 11) is 0. The molecule has 0 saturated carbocycles. The predicted octanol–water partition coefficient (Wildman–Crippen LogP) is 3.23. The summed E-state index contributed by atoms with van der Waals surface area (Å²) in [6, 6.07) is 5.42. The molecule has 2 aliphatic rings. The minimum absolute atomic E-state index is 0.170. The second-order valence-electron chi connectivity index (χ2n) is 5.68. The summed E-state index contributed by atoms with van der Waals surface area (Å²) in [5.41, 5.74) is 1.01. The summed E-state index contributed by atoms with van der Waals surface area (Å²) in [5.74, 6) is 1.42. The monoisotopic (exact) mass is 327 g/mol. The molecule has 2 heterocycles. The third-order valence-corrected chi connectivity index (χ3v) is 5.02. The molecular weight excluding hydrogens is 309 g/mol. The van der Waals surface area contributed by atoms with Gasteiger partial charge in [-0.2, -0.15) is 0 Å². The zero-order valence-electron chi connectivity index (χ0n) is 11.1. The fourth-order valence-corrected chi connectivity index (χ4v) is 4.26. The lowest BCUT2D eigenvalue weighted by molar-refractivity contribution is 0.142. The van der Waals surface area contributed by atoms with Crippen molar-refractivity contribution < 1.29 is 9.13 Å². The molecule has 4 heteroatoms. The van der Waals surface area contributed by atoms with E-state index in [-0.39, 0.29) is 11.9 Å². The van der Waals surface area contributed by atoms with Crippen LogP contribution in [0.15, 0.2) is 18.2 Å². The van der Waals surface area contributed by atoms with Crippen LogP contribution in [-0.4, -0.2) is 35.5 Å². The van der Waals surface area contributed by atoms with Gasteiger partial charge < -0.3 is 4.74 Å². The first-order valence-corrected chi connectivity index (χ1v) is 8.04. The SMILES string of the molecule is CC1CCN(CC2Cc3cc(F)ccc3O2)C1CBr. The highest BCUT2D eigenvalue weighted by atomic mass is 79.9. The van der Waals surface area contributed by atoms with Gasteiger partial charge in [0, 0.05) is 29.9 Å². The number of rotatable bonds is 3. The van der Waals surface area contributed by atoms with E-state index in [1.807, 2.05) is 0 Å². The van der Waals surface area contributed by atoms with Crippen LogP contribution in [0, 0.1) is 11.7 Å². The molecule has 0 aliphatic carbocycles. The molecule has 0 spiro atoms. The van der Waals surface area contributed by atoms with E-state index in [0.29, 0.717) is 6.04 Å². The third-order valence-electron chi connectivity index (χ3n) is 4.36. The first-order valence-electron chi connectivity index (χ1n) is 6.92. The van der Waals surface area contributed by atoms with E-state index in [2.05, 4.69) is 27.8 Å². The molecule has 1 aromatic carbocycles. The van der Waals surface area contributed by atoms with Crippen LogP contribution in [0.2, 0.25) is 0 Å². The molecule has 0 bridgehead atoms. The summed E-state index contributed by atoms with van der Waals surface area (Å²) in [5, 5.41) is 1.02. The Morgan fingerprint density at radius 1 is 1.47 bits per heavy atom. The molecule has 1 saturated heterocycles. The second-order valence-corrected chi connectivity index (χ2v) is 6.33. The Kier molecular flexibility index (Phi) is 3.81. The molecule has 1 fully saturated rings. The predicted molar refractivity (Wildman–Crippen MR) is 77.5 cm³/mol. The van der Waals surface area contributed by atoms with Gasteiger partial charge in [0.05, 0.1) is 0 Å². The van der Waals surface area contributed by atoms with Crippen molar-refractivity contribution in [2.24, 2.45) is 5.92 Å². The lowest BCUT2D eigenvalue weighted by Gasteiger charge is -2.27. The Morgan fingerprint density at radius 3 is 3.11 bits per heavy atom. The summed E-state index contributed by atoms with van der Waals surface area (Å²) < 4.78 is 19.1. The highest BCUT2D eigenvalue weighted by Crippen LogP contribution is 2.32. The smallest absolute Gasteiger partial charge is 0.123 e. The van der Waals surface area contributed by atoms with Crippen LogP contribution >= 0.6 is 15.9 Å². The minimum Gasteiger partial charge on any atom is -0.488 e. The van der Waals surface area contributed by atoms with Crippen LogP contribution in [0.1, 0.15) is 18.9 Å². The van der Waals surface area contributed by atoms with Gasteiger partial charge in [-0.3, -0.25) is 4.90 Å². The van der Waals surface area contributed by atoms with Crippen LogP contribution in [-0.2, 0) is 6.42 Å². The van der Waals surface area contributed by atoms with Gasteiger partial charge in [-0.05, 0) is 37.1 Å². The van der Waals surface area contributed by atoms with Crippen LogP contribution in [0.25, 0.3) is 0 Å². The molecule has 3 atom stereocenters. The maximum absolute atomic E-state index is 13.2. The van der Waals surface area contributed by atoms with Crippen LogP contribution in [0.4, 0.5) is 4.39 Å². The number of halogens is 2. The largest absolute Gasteiger partial charge is 0.488 e. The quantitative estimate of drug-likeness (QED) is 0.790. The molecule has 0 amide bonds. The lowest BCUT2D eigenvalue weighted by Crippen LogP contribution is -2.40. The first kappa shape index (κ1) is 13.4. The normalized spacial score (nSPS) is 30.4. The van der Waals surface area contributed by atoms with Crippen molar-refractivity contribution >= 4 is 15.9 Å². The van der Waals surface area contributed by atoms with E-state index in [9.17, 15) is 4.39 Å². The highest BCUT2D eigenvalue weighted by Gasteiger charge is 2.34. The van der Waals surface area contributed by atoms with Crippen molar-refractivity contribution in [2.75, 3.05) is 18.4 Å². The Labute approximate surface area is 122 Å². The number of benzene rings is 1. The van der Waals surface area contributed by atoms with Crippen LogP contribution in [0.3, 0.4) is 0 Å². The van der Waals surface area contributed by atoms with E-state index in [1.165, 1.54) is 12.5 Å². The molecular formula is C15H19BrFNO. The number of hydrogen-bond acceptors (Lipinski definition) is 2. The summed E-state index contributed by atoms with van der Waals surface area (Å²) in [6.45, 7) is 4.39. The summed E-state index contributed by atoms with van der Waals surface area (Å²) in [6.07, 6.45) is 2.25. The Bertz CT molecular complexity index is 467. The number of hydrogen-bond donors (Lipinski definition) is 0. The van der Waals surface area contributed by atoms with Gasteiger partial charge >= 0.3 is 0 Å². The van der Waals surface area contributed by atoms with Gasteiger partial charge in [-0.1, -0.05) is 22.9 Å². The van der Waals surface area contributed by atoms with Gasteiger partial charge in [-0.25, -0.2) is 4.39 Å². The van der Waals surface area contributed by atoms with Crippen molar-refractivity contribution in [2.45, 2.75) is 31.9 Å². The van der Waals surface area contributed by atoms with Gasteiger partial charge in [0.1, 0.15) is 17.7 Å². The Balaban J connectivity index is 1.64. The Morgan fingerprint density at radius 2 is 2.32 bits per heavy atom. The average Bonchev–Trinajstić information content (AvgIpc) is 2.92. The summed E-state index contributed by atoms with van der Waals surface area (Å²) >= 11 is 3.61. The zero-order valence-corrected chi connectivity index (χ0v) is 12.7. The maximum Gasteiger partial charge on any atom is 0.123 e. The zero-order chi connectivity index (χ0) is 13.4. The van der Waals surface area contributed by atoms with Crippen molar-refractivity contribution in [3.8, 4) is 5.75 Å². The number of alkyl halides is 1. The van der Waals surface area contributed by atoms with E-state index in [4.69, 9.17) is 4.74 Å². The average molecular weight is 328 g/mol. The van der Waals surface area contributed by atoms with E-state index < -0.39 is 0 Å². The van der Waals surface area contributed by atoms with Crippen molar-refractivity contribution in [3.05, 3.63) is 29.6 Å². The lowest BCUT2D eigenvalue weighted by atomic mass is 10.0. The minimum atomic E-state index is -0.170. The number of likely N-dealkylation sites (tertiary alicyclic amines) is 1. The van der Waals surface area contributed by atoms with Crippen LogP contribution < -0.4 is 4.74 Å². The molecule has 3 rings (SSSR count). The van der Waals surface area contributed by atoms with Gasteiger partial charge in [0.2, 0.25) is 0 Å². The molecule has 3 unspecified atom stereocenters. The van der Waals surface area contributed by atoms with E-state index in [0.717, 1.165) is 42.1 Å². The topological polar surface area (TPSA) is 12.5 Å². The third kappa shape index (κ3) is 2.65. The van der Waals surface area contributed by atoms with E-state index in [1.54, 1.807) is 12.1 Å². The molecule has 0 aromatic heterocycles. The number of fused-ring (bicyclic) bond motifs is 1. The molecule has 0 N–H and O–H groups in total. The highest BCUT2D eigenvalue weighted by molar-refractivity contribution is 9.09. The Hall–Kier alpha value is -0.610. The molecule has 104 valence electrons. The van der Waals surface area contributed by atoms with Crippen molar-refractivity contribution in [1.82, 2.24) is 4.90 Å². The van der Waals surface area contributed by atoms with E-state index >= 15 is 0 Å². The first-order chi connectivity index (χ1) is 9.17. The molecule has 1 aromatic rings. The fraction of sp³-hybridized carbons (Fsp3) is 0.600. The van der Waals surface area contributed by atoms with Gasteiger partial charge in [0.25, 0.3) is 0 Å². The molecule has 2 nitrogen and oxygen atoms in total. The second kappa shape index (κ2) is 5.41. The van der Waals surface area contributed by atoms with Crippen molar-refractivity contribution in [3.63, 3.8) is 0 Å². The van der Waals surface area contributed by atoms with Gasteiger partial charge in [-0.15, -0.1) is 0 Å². The van der Waals surface area contributed by atoms with Crippen LogP contribution in [0.5, 0.6) is 5.75 Å². The standard InChI is InChI=1S/C15H19BrFNO/c1-10-4-5-18(14(10)8-16)9-13-7-11-6-12(17)2-3-15(11)19-13/h2-3,6,10,13-14H,4-5,7-9H2,1H3. The molecule has 0 radical (unpaired) electrons.